The summed E-state index contributed by atoms with van der Waals surface area (Å²) in [6.07, 6.45) is 2.32. The van der Waals surface area contributed by atoms with Crippen molar-refractivity contribution in [3.05, 3.63) is 35.7 Å². The van der Waals surface area contributed by atoms with E-state index in [2.05, 4.69) is 34.4 Å². The number of hydrogen-bond acceptors (Lipinski definition) is 8. The molecule has 0 spiro atoms. The van der Waals surface area contributed by atoms with Gasteiger partial charge in [0.05, 0.1) is 36.9 Å². The number of benzene rings is 1. The van der Waals surface area contributed by atoms with E-state index in [4.69, 9.17) is 19.4 Å². The average Bonchev–Trinajstić information content (AvgIpc) is 3.36. The molecular formula is C30H41F2N7O3. The number of aryl methyl sites for hydroxylation is 1. The van der Waals surface area contributed by atoms with Crippen LogP contribution in [0.15, 0.2) is 24.3 Å². The minimum absolute atomic E-state index is 0.0714. The molecule has 2 aromatic heterocycles. The smallest absolute Gasteiger partial charge is 0.407 e. The molecule has 42 heavy (non-hydrogen) atoms. The number of rotatable bonds is 10. The van der Waals surface area contributed by atoms with Crippen LogP contribution in [0.25, 0.3) is 16.9 Å². The van der Waals surface area contributed by atoms with E-state index in [1.165, 1.54) is 4.57 Å². The van der Waals surface area contributed by atoms with Crippen molar-refractivity contribution >= 4 is 28.9 Å². The molecule has 3 heterocycles. The maximum atomic E-state index is 14.2. The number of carbonyl (C=O) groups excluding carboxylic acids is 1. The highest BCUT2D eigenvalue weighted by molar-refractivity contribution is 5.79. The van der Waals surface area contributed by atoms with Crippen LogP contribution in [0, 0.1) is 12.8 Å². The van der Waals surface area contributed by atoms with Crippen molar-refractivity contribution in [3.63, 3.8) is 0 Å². The SMILES string of the molecule is CCCCOC(=O)N[C@H]1CC[C@H](CNc2nc(N3CCOC[C@@H]3C)cc(-n3c(C(F)F)nc4ccc(C)cc43)n2)CC1. The Bertz CT molecular complexity index is 1360. The van der Waals surface area contributed by atoms with Crippen molar-refractivity contribution in [2.45, 2.75) is 77.8 Å². The van der Waals surface area contributed by atoms with Crippen molar-refractivity contribution in [1.82, 2.24) is 24.8 Å². The molecule has 3 aromatic rings. The zero-order chi connectivity index (χ0) is 29.6. The van der Waals surface area contributed by atoms with Gasteiger partial charge in [-0.25, -0.2) is 18.6 Å². The van der Waals surface area contributed by atoms with E-state index in [0.29, 0.717) is 67.4 Å². The summed E-state index contributed by atoms with van der Waals surface area (Å²) in [7, 11) is 0. The predicted molar refractivity (Wildman–Crippen MR) is 158 cm³/mol. The van der Waals surface area contributed by atoms with Crippen LogP contribution in [-0.4, -0.2) is 70.6 Å². The Hall–Kier alpha value is -3.54. The molecule has 1 aromatic carbocycles. The third-order valence-corrected chi connectivity index (χ3v) is 8.07. The predicted octanol–water partition coefficient (Wildman–Crippen LogP) is 5.78. The van der Waals surface area contributed by atoms with Gasteiger partial charge < -0.3 is 25.0 Å². The van der Waals surface area contributed by atoms with Crippen molar-refractivity contribution in [2.24, 2.45) is 5.92 Å². The molecule has 0 radical (unpaired) electrons. The number of alkyl carbamates (subject to hydrolysis) is 1. The van der Waals surface area contributed by atoms with Gasteiger partial charge in [0.15, 0.2) is 5.82 Å². The summed E-state index contributed by atoms with van der Waals surface area (Å²) in [6, 6.07) is 7.42. The fourth-order valence-corrected chi connectivity index (χ4v) is 5.69. The van der Waals surface area contributed by atoms with Crippen LogP contribution in [0.4, 0.5) is 25.3 Å². The Kier molecular flexibility index (Phi) is 9.71. The fraction of sp³-hybridized carbons (Fsp3) is 0.600. The Morgan fingerprint density at radius 2 is 1.93 bits per heavy atom. The third kappa shape index (κ3) is 7.08. The summed E-state index contributed by atoms with van der Waals surface area (Å²) < 4.78 is 40.8. The molecule has 2 fully saturated rings. The van der Waals surface area contributed by atoms with E-state index in [0.717, 1.165) is 44.1 Å². The molecule has 0 bridgehead atoms. The maximum Gasteiger partial charge on any atom is 0.407 e. The molecule has 1 aliphatic heterocycles. The van der Waals surface area contributed by atoms with Crippen molar-refractivity contribution in [1.29, 1.82) is 0 Å². The molecule has 1 aliphatic carbocycles. The molecule has 1 atom stereocenters. The summed E-state index contributed by atoms with van der Waals surface area (Å²) in [5.41, 5.74) is 2.01. The Morgan fingerprint density at radius 3 is 2.67 bits per heavy atom. The third-order valence-electron chi connectivity index (χ3n) is 8.07. The number of carbonyl (C=O) groups is 1. The first-order chi connectivity index (χ1) is 20.3. The number of anilines is 2. The monoisotopic (exact) mass is 585 g/mol. The highest BCUT2D eigenvalue weighted by Gasteiger charge is 2.27. The number of nitrogens with one attached hydrogen (secondary N) is 2. The molecule has 5 rings (SSSR count). The van der Waals surface area contributed by atoms with Crippen molar-refractivity contribution < 1.29 is 23.0 Å². The molecule has 1 amide bonds. The topological polar surface area (TPSA) is 106 Å². The maximum absolute atomic E-state index is 14.2. The lowest BCUT2D eigenvalue weighted by atomic mass is 9.86. The molecule has 1 saturated heterocycles. The molecule has 12 heteroatoms. The quantitative estimate of drug-likeness (QED) is 0.288. The number of halogens is 2. The standard InChI is InChI=1S/C30H41F2N7O3/c1-4-5-13-42-30(40)34-22-9-7-21(8-10-22)17-33-29-36-25(38-12-14-41-18-20(38)3)16-26(37-29)39-24-15-19(2)6-11-23(24)35-28(39)27(31)32/h6,11,15-16,20-22,27H,4-5,7-10,12-14,17-18H2,1-3H3,(H,34,40)(H,33,36,37)/t20-,21-,22-/m0/s1. The van der Waals surface area contributed by atoms with Crippen LogP contribution < -0.4 is 15.5 Å². The summed E-state index contributed by atoms with van der Waals surface area (Å²) in [4.78, 5) is 27.9. The number of unbranched alkanes of at least 4 members (excludes halogenated alkanes) is 1. The van der Waals surface area contributed by atoms with Gasteiger partial charge in [0, 0.05) is 25.2 Å². The van der Waals surface area contributed by atoms with Crippen LogP contribution in [0.5, 0.6) is 0 Å². The summed E-state index contributed by atoms with van der Waals surface area (Å²) in [5.74, 6) is 1.41. The van der Waals surface area contributed by atoms with Gasteiger partial charge in [-0.2, -0.15) is 9.97 Å². The Balaban J connectivity index is 1.35. The van der Waals surface area contributed by atoms with Gasteiger partial charge >= 0.3 is 6.09 Å². The molecule has 2 aliphatic rings. The summed E-state index contributed by atoms with van der Waals surface area (Å²) >= 11 is 0. The number of nitrogens with zero attached hydrogens (tertiary/aromatic N) is 5. The lowest BCUT2D eigenvalue weighted by Gasteiger charge is -2.34. The van der Waals surface area contributed by atoms with Crippen LogP contribution in [0.3, 0.4) is 0 Å². The Morgan fingerprint density at radius 1 is 1.14 bits per heavy atom. The molecule has 2 N–H and O–H groups in total. The number of hydrogen-bond donors (Lipinski definition) is 2. The highest BCUT2D eigenvalue weighted by atomic mass is 19.3. The molecule has 228 valence electrons. The van der Waals surface area contributed by atoms with E-state index in [1.54, 1.807) is 12.1 Å². The minimum atomic E-state index is -2.78. The van der Waals surface area contributed by atoms with Gasteiger partial charge in [-0.3, -0.25) is 4.57 Å². The second kappa shape index (κ2) is 13.6. The van der Waals surface area contributed by atoms with Crippen LogP contribution in [0.2, 0.25) is 0 Å². The fourth-order valence-electron chi connectivity index (χ4n) is 5.69. The van der Waals surface area contributed by atoms with E-state index in [-0.39, 0.29) is 24.0 Å². The zero-order valence-corrected chi connectivity index (χ0v) is 24.6. The number of fused-ring (bicyclic) bond motifs is 1. The average molecular weight is 586 g/mol. The number of alkyl halides is 2. The van der Waals surface area contributed by atoms with Gasteiger partial charge in [-0.05, 0) is 69.6 Å². The first-order valence-electron chi connectivity index (χ1n) is 15.0. The van der Waals surface area contributed by atoms with E-state index in [9.17, 15) is 13.6 Å². The highest BCUT2D eigenvalue weighted by Crippen LogP contribution is 2.31. The number of ether oxygens (including phenoxy) is 2. The zero-order valence-electron chi connectivity index (χ0n) is 24.6. The minimum Gasteiger partial charge on any atom is -0.450 e. The van der Waals surface area contributed by atoms with Gasteiger partial charge in [0.1, 0.15) is 11.6 Å². The van der Waals surface area contributed by atoms with E-state index >= 15 is 0 Å². The normalized spacial score (nSPS) is 21.1. The lowest BCUT2D eigenvalue weighted by Crippen LogP contribution is -2.44. The number of aromatic nitrogens is 4. The lowest BCUT2D eigenvalue weighted by molar-refractivity contribution is 0.0985. The second-order valence-electron chi connectivity index (χ2n) is 11.4. The second-order valence-corrected chi connectivity index (χ2v) is 11.4. The molecular weight excluding hydrogens is 544 g/mol. The van der Waals surface area contributed by atoms with E-state index < -0.39 is 6.43 Å². The van der Waals surface area contributed by atoms with Gasteiger partial charge in [0.2, 0.25) is 5.95 Å². The van der Waals surface area contributed by atoms with Gasteiger partial charge in [0.25, 0.3) is 6.43 Å². The van der Waals surface area contributed by atoms with Crippen LogP contribution >= 0.6 is 0 Å². The van der Waals surface area contributed by atoms with Crippen LogP contribution in [-0.2, 0) is 9.47 Å². The Labute approximate surface area is 245 Å². The largest absolute Gasteiger partial charge is 0.450 e. The first-order valence-corrected chi connectivity index (χ1v) is 15.0. The van der Waals surface area contributed by atoms with Gasteiger partial charge in [-0.15, -0.1) is 0 Å². The first kappa shape index (κ1) is 29.9. The molecule has 0 unspecified atom stereocenters. The molecule has 10 nitrogen and oxygen atoms in total. The molecule has 1 saturated carbocycles. The van der Waals surface area contributed by atoms with Crippen molar-refractivity contribution in [3.8, 4) is 5.82 Å². The van der Waals surface area contributed by atoms with Crippen molar-refractivity contribution in [2.75, 3.05) is 43.1 Å². The number of imidazole rings is 1. The van der Waals surface area contributed by atoms with Gasteiger partial charge in [-0.1, -0.05) is 19.4 Å². The van der Waals surface area contributed by atoms with E-state index in [1.807, 2.05) is 19.1 Å². The number of amides is 1. The summed E-state index contributed by atoms with van der Waals surface area (Å²) in [6.45, 7) is 8.88. The summed E-state index contributed by atoms with van der Waals surface area (Å²) in [5, 5.41) is 6.38. The number of morpholine rings is 1. The van der Waals surface area contributed by atoms with Crippen LogP contribution in [0.1, 0.15) is 70.2 Å².